The summed E-state index contributed by atoms with van der Waals surface area (Å²) in [5.74, 6) is 1.75. The number of nitrogens with zero attached hydrogens (tertiary/aromatic N) is 4. The van der Waals surface area contributed by atoms with Crippen molar-refractivity contribution in [1.29, 1.82) is 0 Å². The van der Waals surface area contributed by atoms with E-state index in [-0.39, 0.29) is 5.41 Å². The van der Waals surface area contributed by atoms with Crippen LogP contribution in [0.1, 0.15) is 32.2 Å². The summed E-state index contributed by atoms with van der Waals surface area (Å²) in [7, 11) is 0. The summed E-state index contributed by atoms with van der Waals surface area (Å²) in [5, 5.41) is 12.3. The van der Waals surface area contributed by atoms with E-state index >= 15 is 0 Å². The molecule has 0 saturated heterocycles. The number of nitrogens with one attached hydrogen (secondary N) is 1. The lowest BCUT2D eigenvalue weighted by molar-refractivity contribution is 0.547. The molecule has 0 bridgehead atoms. The molecule has 0 atom stereocenters. The zero-order valence-electron chi connectivity index (χ0n) is 12.9. The zero-order valence-corrected chi connectivity index (χ0v) is 13.8. The number of hydrogen-bond donors (Lipinski definition) is 1. The highest BCUT2D eigenvalue weighted by atomic mass is 32.2. The molecule has 0 amide bonds. The summed E-state index contributed by atoms with van der Waals surface area (Å²) < 4.78 is 1.86. The summed E-state index contributed by atoms with van der Waals surface area (Å²) in [6.07, 6.45) is 3.72. The first-order valence-corrected chi connectivity index (χ1v) is 8.15. The number of benzene rings is 1. The minimum absolute atomic E-state index is 0.00812. The summed E-state index contributed by atoms with van der Waals surface area (Å²) in [6, 6.07) is 10.3. The van der Waals surface area contributed by atoms with Gasteiger partial charge in [-0.05, 0) is 23.8 Å². The smallest absolute Gasteiger partial charge is 0.208 e. The zero-order chi connectivity index (χ0) is 15.6. The molecule has 0 radical (unpaired) electrons. The SMILES string of the molecule is CC(C)(C)c1nc(SCc2cccc(-n3cccn3)c2)n[nH]1. The molecule has 1 aromatic carbocycles. The van der Waals surface area contributed by atoms with Gasteiger partial charge in [-0.1, -0.05) is 44.7 Å². The van der Waals surface area contributed by atoms with Crippen LogP contribution in [0, 0.1) is 0 Å². The topological polar surface area (TPSA) is 59.4 Å². The van der Waals surface area contributed by atoms with Gasteiger partial charge in [0.15, 0.2) is 0 Å². The third-order valence-corrected chi connectivity index (χ3v) is 4.14. The van der Waals surface area contributed by atoms with Gasteiger partial charge in [0.25, 0.3) is 0 Å². The van der Waals surface area contributed by atoms with Gasteiger partial charge in [-0.15, -0.1) is 5.10 Å². The minimum atomic E-state index is -0.00812. The number of aromatic amines is 1. The Kier molecular flexibility index (Phi) is 4.02. The van der Waals surface area contributed by atoms with Gasteiger partial charge in [0, 0.05) is 23.6 Å². The van der Waals surface area contributed by atoms with Crippen LogP contribution in [0.25, 0.3) is 5.69 Å². The van der Waals surface area contributed by atoms with E-state index in [1.807, 2.05) is 29.1 Å². The van der Waals surface area contributed by atoms with Gasteiger partial charge in [0.2, 0.25) is 5.16 Å². The number of aromatic nitrogens is 5. The molecule has 3 aromatic rings. The normalized spacial score (nSPS) is 11.8. The highest BCUT2D eigenvalue weighted by Crippen LogP contribution is 2.24. The fourth-order valence-corrected chi connectivity index (χ4v) is 2.75. The molecule has 2 aromatic heterocycles. The molecule has 0 aliphatic heterocycles. The van der Waals surface area contributed by atoms with Gasteiger partial charge in [0.1, 0.15) is 5.82 Å². The fourth-order valence-electron chi connectivity index (χ4n) is 2.00. The Hall–Kier alpha value is -2.08. The number of rotatable bonds is 4. The Morgan fingerprint density at radius 3 is 2.77 bits per heavy atom. The Morgan fingerprint density at radius 1 is 1.23 bits per heavy atom. The first-order chi connectivity index (χ1) is 10.5. The largest absolute Gasteiger partial charge is 0.262 e. The second-order valence-corrected chi connectivity index (χ2v) is 7.07. The predicted octanol–water partition coefficient (Wildman–Crippen LogP) is 3.58. The van der Waals surface area contributed by atoms with Crippen LogP contribution in [-0.2, 0) is 11.2 Å². The third kappa shape index (κ3) is 3.39. The van der Waals surface area contributed by atoms with Crippen LogP contribution in [0.2, 0.25) is 0 Å². The van der Waals surface area contributed by atoms with Gasteiger partial charge in [-0.2, -0.15) is 5.10 Å². The van der Waals surface area contributed by atoms with E-state index in [4.69, 9.17) is 0 Å². The molecule has 0 saturated carbocycles. The van der Waals surface area contributed by atoms with E-state index in [9.17, 15) is 0 Å². The lowest BCUT2D eigenvalue weighted by Gasteiger charge is -2.12. The van der Waals surface area contributed by atoms with Gasteiger partial charge in [0.05, 0.1) is 5.69 Å². The standard InChI is InChI=1S/C16H19N5S/c1-16(2,3)14-18-15(20-19-14)22-11-12-6-4-7-13(10-12)21-9-5-8-17-21/h4-10H,11H2,1-3H3,(H,18,19,20). The van der Waals surface area contributed by atoms with Crippen molar-refractivity contribution in [1.82, 2.24) is 25.0 Å². The van der Waals surface area contributed by atoms with Crippen molar-refractivity contribution in [3.8, 4) is 5.69 Å². The summed E-state index contributed by atoms with van der Waals surface area (Å²) in [4.78, 5) is 4.55. The summed E-state index contributed by atoms with van der Waals surface area (Å²) >= 11 is 1.63. The van der Waals surface area contributed by atoms with Crippen molar-refractivity contribution < 1.29 is 0 Å². The van der Waals surface area contributed by atoms with E-state index < -0.39 is 0 Å². The Balaban J connectivity index is 1.69. The first-order valence-electron chi connectivity index (χ1n) is 7.17. The molecule has 5 nitrogen and oxygen atoms in total. The van der Waals surface area contributed by atoms with Crippen LogP contribution < -0.4 is 0 Å². The number of thioether (sulfide) groups is 1. The highest BCUT2D eigenvalue weighted by molar-refractivity contribution is 7.98. The lowest BCUT2D eigenvalue weighted by atomic mass is 9.96. The second-order valence-electron chi connectivity index (χ2n) is 6.13. The van der Waals surface area contributed by atoms with E-state index in [0.717, 1.165) is 22.4 Å². The monoisotopic (exact) mass is 313 g/mol. The molecule has 0 aliphatic carbocycles. The molecular weight excluding hydrogens is 294 g/mol. The Bertz CT molecular complexity index is 740. The van der Waals surface area contributed by atoms with Crippen molar-refractivity contribution in [3.05, 3.63) is 54.1 Å². The molecule has 1 N–H and O–H groups in total. The molecule has 22 heavy (non-hydrogen) atoms. The van der Waals surface area contributed by atoms with Gasteiger partial charge >= 0.3 is 0 Å². The second kappa shape index (κ2) is 5.96. The van der Waals surface area contributed by atoms with Crippen LogP contribution >= 0.6 is 11.8 Å². The van der Waals surface area contributed by atoms with E-state index in [0.29, 0.717) is 0 Å². The number of hydrogen-bond acceptors (Lipinski definition) is 4. The Labute approximate surface area is 134 Å². The van der Waals surface area contributed by atoms with Crippen LogP contribution in [0.5, 0.6) is 0 Å². The molecule has 2 heterocycles. The quantitative estimate of drug-likeness (QED) is 0.748. The fraction of sp³-hybridized carbons (Fsp3) is 0.312. The molecular formula is C16H19N5S. The van der Waals surface area contributed by atoms with Gasteiger partial charge < -0.3 is 0 Å². The molecule has 3 rings (SSSR count). The van der Waals surface area contributed by atoms with Crippen molar-refractivity contribution >= 4 is 11.8 Å². The highest BCUT2D eigenvalue weighted by Gasteiger charge is 2.18. The molecule has 0 spiro atoms. The molecule has 0 unspecified atom stereocenters. The van der Waals surface area contributed by atoms with Crippen LogP contribution in [0.15, 0.2) is 47.9 Å². The third-order valence-electron chi connectivity index (χ3n) is 3.22. The van der Waals surface area contributed by atoms with Gasteiger partial charge in [-0.25, -0.2) is 9.67 Å². The molecule has 0 fully saturated rings. The average molecular weight is 313 g/mol. The van der Waals surface area contributed by atoms with Crippen LogP contribution in [-0.4, -0.2) is 25.0 Å². The van der Waals surface area contributed by atoms with Gasteiger partial charge in [-0.3, -0.25) is 5.10 Å². The molecule has 6 heteroatoms. The van der Waals surface area contributed by atoms with Crippen molar-refractivity contribution in [2.24, 2.45) is 0 Å². The van der Waals surface area contributed by atoms with E-state index in [2.05, 4.69) is 53.2 Å². The lowest BCUT2D eigenvalue weighted by Crippen LogP contribution is -2.13. The maximum absolute atomic E-state index is 4.55. The summed E-state index contributed by atoms with van der Waals surface area (Å²) in [5.41, 5.74) is 2.28. The molecule has 114 valence electrons. The van der Waals surface area contributed by atoms with E-state index in [1.54, 1.807) is 18.0 Å². The van der Waals surface area contributed by atoms with Crippen LogP contribution in [0.3, 0.4) is 0 Å². The maximum Gasteiger partial charge on any atom is 0.208 e. The Morgan fingerprint density at radius 2 is 2.09 bits per heavy atom. The summed E-state index contributed by atoms with van der Waals surface area (Å²) in [6.45, 7) is 6.36. The molecule has 0 aliphatic rings. The van der Waals surface area contributed by atoms with Crippen LogP contribution in [0.4, 0.5) is 0 Å². The van der Waals surface area contributed by atoms with Crippen molar-refractivity contribution in [3.63, 3.8) is 0 Å². The first kappa shape index (κ1) is 14.8. The minimum Gasteiger partial charge on any atom is -0.262 e. The van der Waals surface area contributed by atoms with Crippen molar-refractivity contribution in [2.75, 3.05) is 0 Å². The number of H-pyrrole nitrogens is 1. The van der Waals surface area contributed by atoms with E-state index in [1.165, 1.54) is 5.56 Å². The average Bonchev–Trinajstić information content (AvgIpc) is 3.16. The maximum atomic E-state index is 4.55. The van der Waals surface area contributed by atoms with Crippen molar-refractivity contribution in [2.45, 2.75) is 37.1 Å². The predicted molar refractivity (Wildman–Crippen MR) is 88.2 cm³/mol.